The molecular formula is C27H26AuCl2F6N2P. The van der Waals surface area contributed by atoms with Crippen LogP contribution in [0.3, 0.4) is 0 Å². The van der Waals surface area contributed by atoms with Gasteiger partial charge in [-0.1, -0.05) is 73.3 Å². The van der Waals surface area contributed by atoms with Gasteiger partial charge in [-0.15, -0.1) is 23.2 Å². The van der Waals surface area contributed by atoms with Crippen LogP contribution in [0.2, 0.25) is 0 Å². The molecule has 4 rings (SSSR count). The maximum Gasteiger partial charge on any atom is 1.00 e. The average Bonchev–Trinajstić information content (AvgIpc) is 2.84. The van der Waals surface area contributed by atoms with Gasteiger partial charge in [0.05, 0.1) is 22.4 Å². The Kier molecular flexibility index (Phi) is 14.7. The fraction of sp³-hybridized carbons (Fsp3) is 0.111. The number of halogens is 8. The van der Waals surface area contributed by atoms with Crippen molar-refractivity contribution >= 4 is 37.1 Å². The number of benzene rings is 2. The molecule has 0 aliphatic rings. The van der Waals surface area contributed by atoms with Gasteiger partial charge in [-0.2, -0.15) is 0 Å². The topological polar surface area (TPSA) is 25.8 Å². The van der Waals surface area contributed by atoms with Crippen LogP contribution in [0, 0.1) is 13.8 Å². The summed E-state index contributed by atoms with van der Waals surface area (Å²) >= 11 is 9.53. The first-order chi connectivity index (χ1) is 17.5. The third kappa shape index (κ3) is 17.9. The molecule has 2 aromatic heterocycles. The van der Waals surface area contributed by atoms with E-state index in [2.05, 4.69) is 49.7 Å². The Morgan fingerprint density at radius 1 is 0.692 bits per heavy atom. The second-order valence-electron chi connectivity index (χ2n) is 7.56. The molecule has 0 aliphatic carbocycles. The van der Waals surface area contributed by atoms with E-state index in [1.165, 1.54) is 22.3 Å². The summed E-state index contributed by atoms with van der Waals surface area (Å²) < 4.78 is 59.2. The van der Waals surface area contributed by atoms with Crippen LogP contribution in [0.15, 0.2) is 97.7 Å². The number of aromatic nitrogens is 2. The van der Waals surface area contributed by atoms with Gasteiger partial charge < -0.3 is 0 Å². The zero-order valence-corrected chi connectivity index (χ0v) is 25.4. The van der Waals surface area contributed by atoms with Gasteiger partial charge in [-0.05, 0) is 54.8 Å². The maximum absolute atomic E-state index is 10.7. The monoisotopic (exact) mass is 790 g/mol. The van der Waals surface area contributed by atoms with E-state index in [0.717, 1.165) is 17.1 Å². The van der Waals surface area contributed by atoms with Crippen molar-refractivity contribution in [2.24, 2.45) is 0 Å². The molecule has 2 heterocycles. The minimum atomic E-state index is -10.7. The molecule has 0 bridgehead atoms. The van der Waals surface area contributed by atoms with Crippen LogP contribution in [0.1, 0.15) is 16.7 Å². The van der Waals surface area contributed by atoms with E-state index in [-0.39, 0.29) is 27.7 Å². The maximum atomic E-state index is 9.87. The van der Waals surface area contributed by atoms with Crippen molar-refractivity contribution in [2.45, 2.75) is 13.8 Å². The van der Waals surface area contributed by atoms with Gasteiger partial charge in [0.15, 0.2) is 0 Å². The van der Waals surface area contributed by atoms with Crippen molar-refractivity contribution < 1.29 is 47.6 Å². The zero-order chi connectivity index (χ0) is 28.9. The van der Waals surface area contributed by atoms with E-state index < -0.39 is 7.81 Å². The SMILES string of the molecule is C=Cc1ccccc1.Cc1cccc(C)c1-c1cccc(-c2ccccn2)n1.ClCCl.F[P-](F)(F)(F)(F)F.[Au+]. The predicted octanol–water partition coefficient (Wildman–Crippen LogP) is 11.6. The first-order valence-electron chi connectivity index (χ1n) is 10.9. The fourth-order valence-corrected chi connectivity index (χ4v) is 3.04. The molecule has 0 spiro atoms. The molecule has 0 fully saturated rings. The van der Waals surface area contributed by atoms with Crippen LogP contribution in [-0.2, 0) is 22.4 Å². The van der Waals surface area contributed by atoms with Crippen LogP contribution in [0.5, 0.6) is 0 Å². The van der Waals surface area contributed by atoms with E-state index in [4.69, 9.17) is 28.2 Å². The fourth-order valence-electron chi connectivity index (χ4n) is 3.04. The largest absolute Gasteiger partial charge is 1.00 e. The molecule has 4 aromatic rings. The summed E-state index contributed by atoms with van der Waals surface area (Å²) in [5.74, 6) is 0. The van der Waals surface area contributed by atoms with E-state index in [0.29, 0.717) is 0 Å². The zero-order valence-electron chi connectivity index (χ0n) is 20.8. The summed E-state index contributed by atoms with van der Waals surface area (Å²) in [6, 6.07) is 28.3. The Labute approximate surface area is 249 Å². The minimum Gasteiger partial charge on any atom is 1.00 e. The molecule has 2 aromatic carbocycles. The summed E-state index contributed by atoms with van der Waals surface area (Å²) in [4.78, 5) is 9.14. The van der Waals surface area contributed by atoms with Crippen LogP contribution in [-0.4, -0.2) is 15.3 Å². The minimum absolute atomic E-state index is 0. The van der Waals surface area contributed by atoms with Crippen molar-refractivity contribution in [1.29, 1.82) is 0 Å². The molecule has 0 radical (unpaired) electrons. The van der Waals surface area contributed by atoms with Gasteiger partial charge in [0, 0.05) is 11.8 Å². The molecule has 216 valence electrons. The number of aryl methyl sites for hydroxylation is 2. The Bertz CT molecular complexity index is 1260. The number of nitrogens with zero attached hydrogens (tertiary/aromatic N) is 2. The number of pyridine rings is 2. The Morgan fingerprint density at radius 2 is 1.13 bits per heavy atom. The van der Waals surface area contributed by atoms with Crippen molar-refractivity contribution in [1.82, 2.24) is 9.97 Å². The molecule has 0 saturated heterocycles. The average molecular weight is 791 g/mol. The third-order valence-corrected chi connectivity index (χ3v) is 4.45. The molecular weight excluding hydrogens is 765 g/mol. The van der Waals surface area contributed by atoms with E-state index >= 15 is 0 Å². The number of alkyl halides is 2. The van der Waals surface area contributed by atoms with Crippen LogP contribution in [0.25, 0.3) is 28.7 Å². The second kappa shape index (κ2) is 15.6. The van der Waals surface area contributed by atoms with Crippen LogP contribution < -0.4 is 0 Å². The normalized spacial score (nSPS) is 11.7. The summed E-state index contributed by atoms with van der Waals surface area (Å²) in [6.07, 6.45) is 3.63. The molecule has 0 saturated carbocycles. The molecule has 0 N–H and O–H groups in total. The standard InChI is InChI=1S/C18H16N2.C8H8.CH2Cl2.Au.F6P/c1-13-7-5-8-14(2)18(13)17-11-6-10-16(20-17)15-9-3-4-12-19-15;1-2-8-6-4-3-5-7-8;2-1-3;;1-7(2,3,4,5)6/h3-12H,1-2H3;2-7H,1H2;1H2;;/q;;;+1;-1. The number of hydrogen-bond acceptors (Lipinski definition) is 2. The van der Waals surface area contributed by atoms with Crippen LogP contribution >= 0.6 is 31.0 Å². The van der Waals surface area contributed by atoms with Gasteiger partial charge in [0.2, 0.25) is 0 Å². The summed E-state index contributed by atoms with van der Waals surface area (Å²) in [6.45, 7) is 7.88. The molecule has 0 amide bonds. The van der Waals surface area contributed by atoms with E-state index in [1.807, 2.05) is 66.7 Å². The Morgan fingerprint density at radius 3 is 1.56 bits per heavy atom. The molecule has 0 atom stereocenters. The summed E-state index contributed by atoms with van der Waals surface area (Å²) in [5, 5.41) is 0.194. The second-order valence-corrected chi connectivity index (χ2v) is 10.3. The smallest absolute Gasteiger partial charge is 1.00 e. The third-order valence-electron chi connectivity index (χ3n) is 4.45. The van der Waals surface area contributed by atoms with Crippen LogP contribution in [0.4, 0.5) is 25.2 Å². The first-order valence-corrected chi connectivity index (χ1v) is 14.0. The van der Waals surface area contributed by atoms with Crippen molar-refractivity contribution in [3.05, 3.63) is 114 Å². The molecule has 39 heavy (non-hydrogen) atoms. The van der Waals surface area contributed by atoms with Crippen molar-refractivity contribution in [3.63, 3.8) is 0 Å². The molecule has 2 nitrogen and oxygen atoms in total. The first kappa shape index (κ1) is 36.8. The quantitative estimate of drug-likeness (QED) is 0.0894. The van der Waals surface area contributed by atoms with Gasteiger partial charge in [0.1, 0.15) is 0 Å². The van der Waals surface area contributed by atoms with E-state index in [9.17, 15) is 25.2 Å². The van der Waals surface area contributed by atoms with Gasteiger partial charge >= 0.3 is 55.4 Å². The van der Waals surface area contributed by atoms with Crippen molar-refractivity contribution in [3.8, 4) is 22.6 Å². The van der Waals surface area contributed by atoms with Gasteiger partial charge in [0.25, 0.3) is 0 Å². The summed E-state index contributed by atoms with van der Waals surface area (Å²) in [7, 11) is -10.7. The Balaban J connectivity index is 0.000000630. The van der Waals surface area contributed by atoms with Gasteiger partial charge in [-0.3, -0.25) is 4.98 Å². The number of rotatable bonds is 3. The van der Waals surface area contributed by atoms with Gasteiger partial charge in [-0.25, -0.2) is 4.98 Å². The van der Waals surface area contributed by atoms with E-state index in [1.54, 1.807) is 6.20 Å². The molecule has 0 aliphatic heterocycles. The summed E-state index contributed by atoms with van der Waals surface area (Å²) in [5.41, 5.74) is 7.69. The molecule has 12 heteroatoms. The Hall–Kier alpha value is -2.19. The predicted molar refractivity (Wildman–Crippen MR) is 149 cm³/mol. The van der Waals surface area contributed by atoms with Crippen molar-refractivity contribution in [2.75, 3.05) is 5.34 Å². The molecule has 0 unspecified atom stereocenters. The number of hydrogen-bond donors (Lipinski definition) is 0.